The summed E-state index contributed by atoms with van der Waals surface area (Å²) in [6, 6.07) is 7.03. The molecule has 1 aromatic carbocycles. The van der Waals surface area contributed by atoms with Gasteiger partial charge in [0.25, 0.3) is 0 Å². The van der Waals surface area contributed by atoms with Crippen LogP contribution in [-0.2, 0) is 10.0 Å². The van der Waals surface area contributed by atoms with E-state index in [4.69, 9.17) is 11.6 Å². The van der Waals surface area contributed by atoms with Crippen LogP contribution >= 0.6 is 11.6 Å². The molecule has 6 heteroatoms. The Morgan fingerprint density at radius 1 is 1.44 bits per heavy atom. The molecule has 0 saturated heterocycles. The van der Waals surface area contributed by atoms with E-state index in [-0.39, 0.29) is 11.8 Å². The van der Waals surface area contributed by atoms with Gasteiger partial charge in [-0.3, -0.25) is 0 Å². The second-order valence-electron chi connectivity index (χ2n) is 4.17. The van der Waals surface area contributed by atoms with E-state index in [1.165, 1.54) is 4.31 Å². The van der Waals surface area contributed by atoms with E-state index in [0.29, 0.717) is 11.6 Å². The SMILES string of the molecule is CNCCS(=O)(=O)N(C)C(C)c1cccc(Cl)c1. The number of sulfonamides is 1. The molecule has 18 heavy (non-hydrogen) atoms. The maximum atomic E-state index is 12.0. The molecule has 0 fully saturated rings. The maximum Gasteiger partial charge on any atom is 0.215 e. The smallest absolute Gasteiger partial charge is 0.215 e. The van der Waals surface area contributed by atoms with Crippen molar-refractivity contribution in [3.8, 4) is 0 Å². The van der Waals surface area contributed by atoms with Crippen LogP contribution in [0.4, 0.5) is 0 Å². The largest absolute Gasteiger partial charge is 0.319 e. The Kier molecular flexibility index (Phi) is 5.59. The first kappa shape index (κ1) is 15.4. The molecule has 0 aromatic heterocycles. The standard InChI is InChI=1S/C12H19ClN2O2S/c1-10(11-5-4-6-12(13)9-11)15(3)18(16,17)8-7-14-2/h4-6,9-10,14H,7-8H2,1-3H3. The van der Waals surface area contributed by atoms with E-state index in [0.717, 1.165) is 5.56 Å². The molecular formula is C12H19ClN2O2S. The second kappa shape index (κ2) is 6.52. The number of benzene rings is 1. The first-order valence-electron chi connectivity index (χ1n) is 5.74. The van der Waals surface area contributed by atoms with Gasteiger partial charge < -0.3 is 5.32 Å². The van der Waals surface area contributed by atoms with Gasteiger partial charge in [-0.1, -0.05) is 23.7 Å². The van der Waals surface area contributed by atoms with Crippen molar-refractivity contribution >= 4 is 21.6 Å². The van der Waals surface area contributed by atoms with Crippen LogP contribution in [0.1, 0.15) is 18.5 Å². The molecule has 1 unspecified atom stereocenters. The fraction of sp³-hybridized carbons (Fsp3) is 0.500. The zero-order chi connectivity index (χ0) is 13.8. The lowest BCUT2D eigenvalue weighted by atomic mass is 10.1. The lowest BCUT2D eigenvalue weighted by Gasteiger charge is -2.24. The van der Waals surface area contributed by atoms with Gasteiger partial charge in [0.15, 0.2) is 0 Å². The Hall–Kier alpha value is -0.620. The monoisotopic (exact) mass is 290 g/mol. The number of hydrogen-bond donors (Lipinski definition) is 1. The number of hydrogen-bond acceptors (Lipinski definition) is 3. The summed E-state index contributed by atoms with van der Waals surface area (Å²) >= 11 is 5.91. The molecule has 1 N–H and O–H groups in total. The Bertz CT molecular complexity index is 491. The Labute approximate surface area is 114 Å². The third-order valence-electron chi connectivity index (χ3n) is 2.93. The molecule has 0 amide bonds. The third-order valence-corrected chi connectivity index (χ3v) is 5.07. The van der Waals surface area contributed by atoms with Crippen molar-refractivity contribution in [1.29, 1.82) is 0 Å². The zero-order valence-corrected chi connectivity index (χ0v) is 12.4. The highest BCUT2D eigenvalue weighted by Gasteiger charge is 2.23. The van der Waals surface area contributed by atoms with Crippen molar-refractivity contribution in [2.75, 3.05) is 26.4 Å². The number of rotatable bonds is 6. The van der Waals surface area contributed by atoms with Crippen LogP contribution in [0.25, 0.3) is 0 Å². The topological polar surface area (TPSA) is 49.4 Å². The quantitative estimate of drug-likeness (QED) is 0.870. The van der Waals surface area contributed by atoms with Crippen LogP contribution in [-0.4, -0.2) is 39.1 Å². The van der Waals surface area contributed by atoms with Crippen LogP contribution in [0, 0.1) is 0 Å². The number of nitrogens with zero attached hydrogens (tertiary/aromatic N) is 1. The fourth-order valence-corrected chi connectivity index (χ4v) is 3.14. The minimum atomic E-state index is -3.25. The van der Waals surface area contributed by atoms with Crippen LogP contribution < -0.4 is 5.32 Å². The van der Waals surface area contributed by atoms with Gasteiger partial charge in [-0.05, 0) is 31.7 Å². The van der Waals surface area contributed by atoms with Crippen molar-refractivity contribution in [2.24, 2.45) is 0 Å². The molecule has 0 bridgehead atoms. The molecule has 0 heterocycles. The van der Waals surface area contributed by atoms with E-state index >= 15 is 0 Å². The fourth-order valence-electron chi connectivity index (χ4n) is 1.59. The highest BCUT2D eigenvalue weighted by Crippen LogP contribution is 2.23. The summed E-state index contributed by atoms with van der Waals surface area (Å²) in [6.45, 7) is 2.29. The number of nitrogens with one attached hydrogen (secondary N) is 1. The van der Waals surface area contributed by atoms with Gasteiger partial charge in [-0.15, -0.1) is 0 Å². The predicted octanol–water partition coefficient (Wildman–Crippen LogP) is 1.88. The molecule has 102 valence electrons. The summed E-state index contributed by atoms with van der Waals surface area (Å²) in [5.41, 5.74) is 0.887. The van der Waals surface area contributed by atoms with E-state index in [1.54, 1.807) is 26.2 Å². The minimum Gasteiger partial charge on any atom is -0.319 e. The summed E-state index contributed by atoms with van der Waals surface area (Å²) in [7, 11) is 0.0710. The average molecular weight is 291 g/mol. The van der Waals surface area contributed by atoms with Crippen LogP contribution in [0.3, 0.4) is 0 Å². The van der Waals surface area contributed by atoms with Crippen LogP contribution in [0.5, 0.6) is 0 Å². The van der Waals surface area contributed by atoms with Crippen molar-refractivity contribution < 1.29 is 8.42 Å². The van der Waals surface area contributed by atoms with Crippen molar-refractivity contribution in [3.63, 3.8) is 0 Å². The minimum absolute atomic E-state index is 0.0882. The van der Waals surface area contributed by atoms with E-state index in [1.807, 2.05) is 19.1 Å². The van der Waals surface area contributed by atoms with Crippen LogP contribution in [0.15, 0.2) is 24.3 Å². The lowest BCUT2D eigenvalue weighted by molar-refractivity contribution is 0.398. The summed E-state index contributed by atoms with van der Waals surface area (Å²) in [6.07, 6.45) is 0. The molecule has 0 radical (unpaired) electrons. The van der Waals surface area contributed by atoms with Gasteiger partial charge in [0, 0.05) is 24.7 Å². The van der Waals surface area contributed by atoms with Gasteiger partial charge in [-0.2, -0.15) is 4.31 Å². The van der Waals surface area contributed by atoms with Gasteiger partial charge >= 0.3 is 0 Å². The molecular weight excluding hydrogens is 272 g/mol. The van der Waals surface area contributed by atoms with Gasteiger partial charge in [0.2, 0.25) is 10.0 Å². The molecule has 0 spiro atoms. The van der Waals surface area contributed by atoms with Gasteiger partial charge in [0.1, 0.15) is 0 Å². The highest BCUT2D eigenvalue weighted by molar-refractivity contribution is 7.89. The molecule has 1 atom stereocenters. The van der Waals surface area contributed by atoms with E-state index < -0.39 is 10.0 Å². The first-order chi connectivity index (χ1) is 8.38. The highest BCUT2D eigenvalue weighted by atomic mass is 35.5. The van der Waals surface area contributed by atoms with E-state index in [9.17, 15) is 8.42 Å². The maximum absolute atomic E-state index is 12.0. The zero-order valence-electron chi connectivity index (χ0n) is 10.9. The molecule has 0 aliphatic heterocycles. The first-order valence-corrected chi connectivity index (χ1v) is 7.73. The van der Waals surface area contributed by atoms with Crippen molar-refractivity contribution in [3.05, 3.63) is 34.9 Å². The molecule has 0 aliphatic carbocycles. The molecule has 0 aliphatic rings. The number of halogens is 1. The Morgan fingerprint density at radius 2 is 2.11 bits per heavy atom. The Morgan fingerprint density at radius 3 is 2.67 bits per heavy atom. The lowest BCUT2D eigenvalue weighted by Crippen LogP contribution is -2.34. The van der Waals surface area contributed by atoms with Crippen molar-refractivity contribution in [2.45, 2.75) is 13.0 Å². The summed E-state index contributed by atoms with van der Waals surface area (Å²) in [5, 5.41) is 3.45. The second-order valence-corrected chi connectivity index (χ2v) is 6.75. The molecule has 0 saturated carbocycles. The van der Waals surface area contributed by atoms with Crippen LogP contribution in [0.2, 0.25) is 5.02 Å². The Balaban J connectivity index is 2.87. The third kappa shape index (κ3) is 3.95. The summed E-state index contributed by atoms with van der Waals surface area (Å²) < 4.78 is 25.5. The van der Waals surface area contributed by atoms with E-state index in [2.05, 4.69) is 5.32 Å². The normalized spacial score (nSPS) is 13.8. The summed E-state index contributed by atoms with van der Waals surface area (Å²) in [4.78, 5) is 0. The molecule has 1 rings (SSSR count). The van der Waals surface area contributed by atoms with Crippen molar-refractivity contribution in [1.82, 2.24) is 9.62 Å². The van der Waals surface area contributed by atoms with Gasteiger partial charge in [-0.25, -0.2) is 8.42 Å². The summed E-state index contributed by atoms with van der Waals surface area (Å²) in [5.74, 6) is 0.0882. The average Bonchev–Trinajstić information content (AvgIpc) is 2.34. The predicted molar refractivity (Wildman–Crippen MR) is 75.3 cm³/mol. The molecule has 4 nitrogen and oxygen atoms in total. The molecule has 1 aromatic rings. The van der Waals surface area contributed by atoms with Gasteiger partial charge in [0.05, 0.1) is 5.75 Å².